The highest BCUT2D eigenvalue weighted by molar-refractivity contribution is 4.65. The van der Waals surface area contributed by atoms with E-state index < -0.39 is 12.3 Å². The van der Waals surface area contributed by atoms with Crippen molar-refractivity contribution in [3.05, 3.63) is 0 Å². The van der Waals surface area contributed by atoms with Crippen LogP contribution in [0.1, 0.15) is 51.9 Å². The van der Waals surface area contributed by atoms with Crippen LogP contribution in [-0.2, 0) is 0 Å². The summed E-state index contributed by atoms with van der Waals surface area (Å²) in [7, 11) is 0. The van der Waals surface area contributed by atoms with Gasteiger partial charge in [-0.3, -0.25) is 0 Å². The molecule has 0 radical (unpaired) electrons. The second-order valence-electron chi connectivity index (χ2n) is 3.57. The van der Waals surface area contributed by atoms with Gasteiger partial charge in [0.1, 0.15) is 0 Å². The lowest BCUT2D eigenvalue weighted by Crippen LogP contribution is -2.23. The molecule has 0 aromatic carbocycles. The van der Waals surface area contributed by atoms with E-state index in [4.69, 9.17) is 0 Å². The Morgan fingerprint density at radius 3 is 1.93 bits per heavy atom. The van der Waals surface area contributed by atoms with Crippen molar-refractivity contribution < 1.29 is 17.6 Å². The maximum Gasteiger partial charge on any atom is 0.419 e. The summed E-state index contributed by atoms with van der Waals surface area (Å²) in [6.45, 7) is 2.07. The molecule has 0 aromatic heterocycles. The minimum Gasteiger partial charge on any atom is -0.237 e. The molecular weight excluding hydrogens is 196 g/mol. The Kier molecular flexibility index (Phi) is 6.93. The monoisotopic (exact) mass is 214 g/mol. The molecule has 0 saturated heterocycles. The lowest BCUT2D eigenvalue weighted by atomic mass is 10.1. The van der Waals surface area contributed by atoms with Crippen molar-refractivity contribution in [1.29, 1.82) is 0 Å². The Labute approximate surface area is 82.7 Å². The zero-order valence-electron chi connectivity index (χ0n) is 8.54. The van der Waals surface area contributed by atoms with Crippen molar-refractivity contribution in [2.24, 2.45) is 0 Å². The summed E-state index contributed by atoms with van der Waals surface area (Å²) >= 11 is 0. The molecule has 0 amide bonds. The Bertz CT molecular complexity index is 131. The van der Waals surface area contributed by atoms with Gasteiger partial charge in [0.05, 0.1) is 0 Å². The van der Waals surface area contributed by atoms with Gasteiger partial charge in [-0.2, -0.15) is 13.2 Å². The van der Waals surface area contributed by atoms with Gasteiger partial charge in [-0.1, -0.05) is 45.4 Å². The van der Waals surface area contributed by atoms with Crippen LogP contribution in [0.2, 0.25) is 0 Å². The summed E-state index contributed by atoms with van der Waals surface area (Å²) in [4.78, 5) is 0. The zero-order valence-corrected chi connectivity index (χ0v) is 8.54. The molecule has 1 atom stereocenters. The Hall–Kier alpha value is -0.280. The molecule has 14 heavy (non-hydrogen) atoms. The molecule has 0 N–H and O–H groups in total. The van der Waals surface area contributed by atoms with Gasteiger partial charge < -0.3 is 0 Å². The third-order valence-corrected chi connectivity index (χ3v) is 2.17. The van der Waals surface area contributed by atoms with Crippen molar-refractivity contribution in [2.75, 3.05) is 0 Å². The van der Waals surface area contributed by atoms with Crippen LogP contribution in [0, 0.1) is 0 Å². The van der Waals surface area contributed by atoms with Crippen LogP contribution in [0.3, 0.4) is 0 Å². The summed E-state index contributed by atoms with van der Waals surface area (Å²) in [5, 5.41) is 0. The highest BCUT2D eigenvalue weighted by atomic mass is 19.4. The van der Waals surface area contributed by atoms with Gasteiger partial charge in [-0.15, -0.1) is 0 Å². The third kappa shape index (κ3) is 7.15. The van der Waals surface area contributed by atoms with Gasteiger partial charge in [-0.05, 0) is 6.42 Å². The van der Waals surface area contributed by atoms with Gasteiger partial charge in [0.15, 0.2) is 6.17 Å². The fraction of sp³-hybridized carbons (Fsp3) is 1.00. The largest absolute Gasteiger partial charge is 0.419 e. The average molecular weight is 214 g/mol. The summed E-state index contributed by atoms with van der Waals surface area (Å²) in [5.74, 6) is 0. The molecule has 0 aromatic rings. The first-order valence-corrected chi connectivity index (χ1v) is 5.19. The van der Waals surface area contributed by atoms with Crippen LogP contribution in [-0.4, -0.2) is 12.3 Å². The maximum absolute atomic E-state index is 12.4. The highest BCUT2D eigenvalue weighted by Gasteiger charge is 2.39. The predicted molar refractivity (Wildman–Crippen MR) is 48.9 cm³/mol. The molecule has 1 unspecified atom stereocenters. The smallest absolute Gasteiger partial charge is 0.237 e. The van der Waals surface area contributed by atoms with Crippen LogP contribution < -0.4 is 0 Å². The van der Waals surface area contributed by atoms with Crippen molar-refractivity contribution in [3.63, 3.8) is 0 Å². The van der Waals surface area contributed by atoms with E-state index in [9.17, 15) is 17.6 Å². The Balaban J connectivity index is 3.28. The Morgan fingerprint density at radius 1 is 0.929 bits per heavy atom. The lowest BCUT2D eigenvalue weighted by molar-refractivity contribution is -0.182. The summed E-state index contributed by atoms with van der Waals surface area (Å²) in [5.41, 5.74) is 0. The molecule has 0 fully saturated rings. The van der Waals surface area contributed by atoms with Crippen LogP contribution >= 0.6 is 0 Å². The average Bonchev–Trinajstić information content (AvgIpc) is 2.09. The Morgan fingerprint density at radius 2 is 1.43 bits per heavy atom. The van der Waals surface area contributed by atoms with Crippen LogP contribution in [0.25, 0.3) is 0 Å². The molecule has 86 valence electrons. The first-order valence-electron chi connectivity index (χ1n) is 5.19. The number of hydrogen-bond acceptors (Lipinski definition) is 0. The number of hydrogen-bond donors (Lipinski definition) is 0. The molecule has 0 aliphatic heterocycles. The molecule has 0 saturated carbocycles. The molecule has 0 nitrogen and oxygen atoms in total. The van der Waals surface area contributed by atoms with E-state index in [1.807, 2.05) is 0 Å². The minimum absolute atomic E-state index is 0.338. The molecule has 4 heteroatoms. The summed E-state index contributed by atoms with van der Waals surface area (Å²) < 4.78 is 47.5. The number of unbranched alkanes of at least 4 members (excludes halogenated alkanes) is 5. The van der Waals surface area contributed by atoms with Gasteiger partial charge in [0.2, 0.25) is 0 Å². The first-order chi connectivity index (χ1) is 6.48. The lowest BCUT2D eigenvalue weighted by Gasteiger charge is -2.11. The second-order valence-corrected chi connectivity index (χ2v) is 3.57. The van der Waals surface area contributed by atoms with E-state index >= 15 is 0 Å². The van der Waals surface area contributed by atoms with Crippen molar-refractivity contribution in [2.45, 2.75) is 64.2 Å². The van der Waals surface area contributed by atoms with E-state index in [2.05, 4.69) is 6.92 Å². The predicted octanol–water partition coefficient (Wildman–Crippen LogP) is 4.64. The van der Waals surface area contributed by atoms with Gasteiger partial charge in [0, 0.05) is 0 Å². The highest BCUT2D eigenvalue weighted by Crippen LogP contribution is 2.26. The number of rotatable bonds is 7. The van der Waals surface area contributed by atoms with E-state index in [0.717, 1.165) is 25.7 Å². The SMILES string of the molecule is CCCCCCCCC(F)C(F)(F)F. The molecular formula is C10H18F4. The van der Waals surface area contributed by atoms with Gasteiger partial charge in [-0.25, -0.2) is 4.39 Å². The second kappa shape index (κ2) is 7.07. The minimum atomic E-state index is -4.66. The molecule has 0 bridgehead atoms. The van der Waals surface area contributed by atoms with Crippen LogP contribution in [0.5, 0.6) is 0 Å². The maximum atomic E-state index is 12.4. The topological polar surface area (TPSA) is 0 Å². The zero-order chi connectivity index (χ0) is 11.0. The van der Waals surface area contributed by atoms with Crippen LogP contribution in [0.4, 0.5) is 17.6 Å². The number of alkyl halides is 4. The molecule has 0 rings (SSSR count). The summed E-state index contributed by atoms with van der Waals surface area (Å²) in [6.07, 6.45) is -2.46. The molecule has 0 aliphatic rings. The normalized spacial score (nSPS) is 14.4. The fourth-order valence-corrected chi connectivity index (χ4v) is 1.27. The molecule has 0 aliphatic carbocycles. The van der Waals surface area contributed by atoms with Gasteiger partial charge >= 0.3 is 6.18 Å². The third-order valence-electron chi connectivity index (χ3n) is 2.17. The van der Waals surface area contributed by atoms with Crippen molar-refractivity contribution >= 4 is 0 Å². The van der Waals surface area contributed by atoms with Crippen LogP contribution in [0.15, 0.2) is 0 Å². The fourth-order valence-electron chi connectivity index (χ4n) is 1.27. The van der Waals surface area contributed by atoms with E-state index in [-0.39, 0.29) is 6.42 Å². The van der Waals surface area contributed by atoms with Crippen molar-refractivity contribution in [3.8, 4) is 0 Å². The molecule has 0 spiro atoms. The quantitative estimate of drug-likeness (QED) is 0.428. The van der Waals surface area contributed by atoms with E-state index in [0.29, 0.717) is 12.8 Å². The van der Waals surface area contributed by atoms with E-state index in [1.54, 1.807) is 0 Å². The van der Waals surface area contributed by atoms with E-state index in [1.165, 1.54) is 0 Å². The van der Waals surface area contributed by atoms with Gasteiger partial charge in [0.25, 0.3) is 0 Å². The first kappa shape index (κ1) is 13.7. The molecule has 0 heterocycles. The summed E-state index contributed by atoms with van der Waals surface area (Å²) in [6, 6.07) is 0. The van der Waals surface area contributed by atoms with Crippen molar-refractivity contribution in [1.82, 2.24) is 0 Å². The standard InChI is InChI=1S/C10H18F4/c1-2-3-4-5-6-7-8-9(11)10(12,13)14/h9H,2-8H2,1H3. The number of halogens is 4.